The molecule has 0 saturated carbocycles. The van der Waals surface area contributed by atoms with Crippen LogP contribution in [0.4, 0.5) is 0 Å². The highest BCUT2D eigenvalue weighted by molar-refractivity contribution is 9.10. The molecular weight excluding hydrogens is 560 g/mol. The van der Waals surface area contributed by atoms with Crippen molar-refractivity contribution in [1.82, 2.24) is 4.57 Å². The second-order valence-corrected chi connectivity index (χ2v) is 9.90. The van der Waals surface area contributed by atoms with Crippen LogP contribution < -0.4 is 29.1 Å². The topological polar surface area (TPSA) is 88.4 Å². The maximum Gasteiger partial charge on any atom is 0.338 e. The second kappa shape index (κ2) is 11.4. The lowest BCUT2D eigenvalue weighted by Crippen LogP contribution is -2.39. The number of carbonyl (C=O) groups excluding carboxylic acids is 1. The zero-order valence-electron chi connectivity index (χ0n) is 21.2. The lowest BCUT2D eigenvalue weighted by molar-refractivity contribution is -0.139. The molecule has 1 aliphatic rings. The van der Waals surface area contributed by atoms with Crippen molar-refractivity contribution in [2.75, 3.05) is 27.4 Å². The van der Waals surface area contributed by atoms with Gasteiger partial charge < -0.3 is 18.9 Å². The lowest BCUT2D eigenvalue weighted by Gasteiger charge is -2.24. The van der Waals surface area contributed by atoms with Crippen molar-refractivity contribution in [3.63, 3.8) is 0 Å². The van der Waals surface area contributed by atoms with Crippen molar-refractivity contribution in [2.45, 2.75) is 26.8 Å². The highest BCUT2D eigenvalue weighted by Crippen LogP contribution is 2.34. The number of thiazole rings is 1. The molecule has 8 nitrogen and oxygen atoms in total. The molecule has 1 aliphatic heterocycles. The number of allylic oxidation sites excluding steroid dienone is 1. The molecule has 1 aromatic heterocycles. The van der Waals surface area contributed by atoms with E-state index >= 15 is 0 Å². The van der Waals surface area contributed by atoms with Crippen molar-refractivity contribution in [3.05, 3.63) is 83.0 Å². The molecule has 0 radical (unpaired) electrons. The number of hydrogen-bond acceptors (Lipinski definition) is 8. The minimum Gasteiger partial charge on any atom is -0.496 e. The van der Waals surface area contributed by atoms with Gasteiger partial charge in [0, 0.05) is 11.6 Å². The number of methoxy groups -OCH3 is 2. The Bertz CT molecular complexity index is 1540. The molecule has 1 unspecified atom stereocenters. The molecule has 0 N–H and O–H groups in total. The van der Waals surface area contributed by atoms with E-state index in [1.165, 1.54) is 11.3 Å². The van der Waals surface area contributed by atoms with Crippen molar-refractivity contribution < 1.29 is 23.7 Å². The van der Waals surface area contributed by atoms with E-state index in [9.17, 15) is 9.59 Å². The molecule has 2 aromatic carbocycles. The predicted molar refractivity (Wildman–Crippen MR) is 145 cm³/mol. The summed E-state index contributed by atoms with van der Waals surface area (Å²) in [6.07, 6.45) is 1.76. The van der Waals surface area contributed by atoms with Crippen LogP contribution in [-0.2, 0) is 9.53 Å². The van der Waals surface area contributed by atoms with Crippen molar-refractivity contribution in [1.29, 1.82) is 0 Å². The summed E-state index contributed by atoms with van der Waals surface area (Å²) >= 11 is 4.74. The van der Waals surface area contributed by atoms with E-state index < -0.39 is 12.0 Å². The van der Waals surface area contributed by atoms with Crippen LogP contribution >= 0.6 is 27.3 Å². The van der Waals surface area contributed by atoms with Crippen molar-refractivity contribution >= 4 is 39.3 Å². The first kappa shape index (κ1) is 26.7. The van der Waals surface area contributed by atoms with Crippen LogP contribution in [0.1, 0.15) is 37.9 Å². The van der Waals surface area contributed by atoms with Crippen LogP contribution in [0, 0.1) is 0 Å². The molecule has 2 heterocycles. The van der Waals surface area contributed by atoms with E-state index in [0.717, 1.165) is 10.0 Å². The first-order valence-electron chi connectivity index (χ1n) is 11.7. The number of esters is 1. The summed E-state index contributed by atoms with van der Waals surface area (Å²) in [5.74, 6) is 1.37. The lowest BCUT2D eigenvalue weighted by atomic mass is 9.96. The van der Waals surface area contributed by atoms with Crippen LogP contribution in [-0.4, -0.2) is 38.0 Å². The highest BCUT2D eigenvalue weighted by Gasteiger charge is 2.33. The van der Waals surface area contributed by atoms with E-state index in [1.54, 1.807) is 44.8 Å². The number of hydrogen-bond donors (Lipinski definition) is 0. The number of rotatable bonds is 8. The Morgan fingerprint density at radius 2 is 1.81 bits per heavy atom. The van der Waals surface area contributed by atoms with Gasteiger partial charge in [0.15, 0.2) is 4.80 Å². The standard InChI is InChI=1S/C27H27BrN2O6S/c1-6-35-18-10-8-16(9-11-18)24-23(26(32)36-7-2)15(3)29-27-30(24)25(31)22(37-27)13-17-12-19(28)21(34-5)14-20(17)33-4/h8-14,24H,6-7H2,1-5H3. The third-order valence-corrected chi connectivity index (χ3v) is 7.42. The highest BCUT2D eigenvalue weighted by atomic mass is 79.9. The Morgan fingerprint density at radius 3 is 2.43 bits per heavy atom. The van der Waals surface area contributed by atoms with Crippen LogP contribution in [0.3, 0.4) is 0 Å². The number of carbonyl (C=O) groups is 1. The fourth-order valence-electron chi connectivity index (χ4n) is 4.16. The van der Waals surface area contributed by atoms with Gasteiger partial charge in [0.2, 0.25) is 0 Å². The predicted octanol–water partition coefficient (Wildman–Crippen LogP) is 3.98. The number of halogens is 1. The molecule has 3 aromatic rings. The molecule has 4 rings (SSSR count). The average molecular weight is 587 g/mol. The third-order valence-electron chi connectivity index (χ3n) is 5.81. The van der Waals surface area contributed by atoms with Gasteiger partial charge in [-0.15, -0.1) is 0 Å². The van der Waals surface area contributed by atoms with Gasteiger partial charge in [0.25, 0.3) is 5.56 Å². The summed E-state index contributed by atoms with van der Waals surface area (Å²) in [6, 6.07) is 10.2. The zero-order chi connectivity index (χ0) is 26.7. The van der Waals surface area contributed by atoms with E-state index in [4.69, 9.17) is 18.9 Å². The van der Waals surface area contributed by atoms with Gasteiger partial charge in [-0.2, -0.15) is 0 Å². The maximum atomic E-state index is 13.8. The first-order chi connectivity index (χ1) is 17.8. The summed E-state index contributed by atoms with van der Waals surface area (Å²) in [5, 5.41) is 0. The fourth-order valence-corrected chi connectivity index (χ4v) is 5.72. The van der Waals surface area contributed by atoms with Gasteiger partial charge in [-0.3, -0.25) is 9.36 Å². The summed E-state index contributed by atoms with van der Waals surface area (Å²) in [7, 11) is 3.13. The Kier molecular flexibility index (Phi) is 8.19. The molecular formula is C27H27BrN2O6S. The molecule has 0 spiro atoms. The van der Waals surface area contributed by atoms with Gasteiger partial charge in [0.05, 0.1) is 53.8 Å². The molecule has 1 atom stereocenters. The zero-order valence-corrected chi connectivity index (χ0v) is 23.6. The molecule has 0 saturated heterocycles. The van der Waals surface area contributed by atoms with Gasteiger partial charge in [-0.05, 0) is 66.5 Å². The quantitative estimate of drug-likeness (QED) is 0.371. The summed E-state index contributed by atoms with van der Waals surface area (Å²) in [4.78, 5) is 32.0. The van der Waals surface area contributed by atoms with Crippen molar-refractivity contribution in [2.24, 2.45) is 4.99 Å². The fraction of sp³-hybridized carbons (Fsp3) is 0.296. The van der Waals surface area contributed by atoms with Gasteiger partial charge in [-0.25, -0.2) is 9.79 Å². The second-order valence-electron chi connectivity index (χ2n) is 8.03. The minimum absolute atomic E-state index is 0.210. The van der Waals surface area contributed by atoms with Crippen LogP contribution in [0.5, 0.6) is 17.2 Å². The minimum atomic E-state index is -0.697. The Balaban J connectivity index is 1.93. The average Bonchev–Trinajstić information content (AvgIpc) is 3.18. The van der Waals surface area contributed by atoms with Crippen LogP contribution in [0.2, 0.25) is 0 Å². The Labute approximate surface area is 226 Å². The van der Waals surface area contributed by atoms with Crippen LogP contribution in [0.15, 0.2) is 61.9 Å². The van der Waals surface area contributed by atoms with Gasteiger partial charge in [-0.1, -0.05) is 23.5 Å². The maximum absolute atomic E-state index is 13.8. The molecule has 0 bridgehead atoms. The largest absolute Gasteiger partial charge is 0.496 e. The number of nitrogens with zero attached hydrogens (tertiary/aromatic N) is 2. The first-order valence-corrected chi connectivity index (χ1v) is 13.3. The normalized spacial score (nSPS) is 15.2. The molecule has 0 amide bonds. The smallest absolute Gasteiger partial charge is 0.338 e. The van der Waals surface area contributed by atoms with E-state index in [1.807, 2.05) is 37.3 Å². The monoisotopic (exact) mass is 586 g/mol. The van der Waals surface area contributed by atoms with Gasteiger partial charge >= 0.3 is 5.97 Å². The van der Waals surface area contributed by atoms with E-state index in [-0.39, 0.29) is 12.2 Å². The summed E-state index contributed by atoms with van der Waals surface area (Å²) in [6.45, 7) is 6.16. The molecule has 194 valence electrons. The van der Waals surface area contributed by atoms with E-state index in [0.29, 0.717) is 50.0 Å². The molecule has 0 aliphatic carbocycles. The number of benzene rings is 2. The number of ether oxygens (including phenoxy) is 4. The SMILES string of the molecule is CCOC(=O)C1=C(C)N=c2sc(=Cc3cc(Br)c(OC)cc3OC)c(=O)n2C1c1ccc(OCC)cc1. The van der Waals surface area contributed by atoms with Gasteiger partial charge in [0.1, 0.15) is 17.2 Å². The number of fused-ring (bicyclic) bond motifs is 1. The van der Waals surface area contributed by atoms with E-state index in [2.05, 4.69) is 20.9 Å². The summed E-state index contributed by atoms with van der Waals surface area (Å²) in [5.41, 5.74) is 2.01. The van der Waals surface area contributed by atoms with Crippen molar-refractivity contribution in [3.8, 4) is 17.2 Å². The van der Waals surface area contributed by atoms with Crippen LogP contribution in [0.25, 0.3) is 6.08 Å². The Hall–Kier alpha value is -3.37. The summed E-state index contributed by atoms with van der Waals surface area (Å²) < 4.78 is 24.5. The molecule has 0 fully saturated rings. The number of aromatic nitrogens is 1. The molecule has 10 heteroatoms. The molecule has 37 heavy (non-hydrogen) atoms. The Morgan fingerprint density at radius 1 is 1.11 bits per heavy atom. The third kappa shape index (κ3) is 5.21.